The fourth-order valence-corrected chi connectivity index (χ4v) is 3.51. The molecule has 1 aromatic heterocycles. The van der Waals surface area contributed by atoms with E-state index in [1.807, 2.05) is 7.11 Å². The summed E-state index contributed by atoms with van der Waals surface area (Å²) in [5, 5.41) is 0. The Hall–Kier alpha value is -0.910. The molecule has 0 spiro atoms. The van der Waals surface area contributed by atoms with Gasteiger partial charge in [0.25, 0.3) is 0 Å². The van der Waals surface area contributed by atoms with Gasteiger partial charge in [-0.25, -0.2) is 4.98 Å². The molecule has 2 saturated heterocycles. The molecule has 2 aliphatic rings. The molecular weight excluding hydrogens is 266 g/mol. The summed E-state index contributed by atoms with van der Waals surface area (Å²) >= 11 is 0. The van der Waals surface area contributed by atoms with Crippen molar-refractivity contribution in [3.8, 4) is 0 Å². The van der Waals surface area contributed by atoms with Crippen LogP contribution in [-0.4, -0.2) is 54.4 Å². The summed E-state index contributed by atoms with van der Waals surface area (Å²) in [5.74, 6) is 1.85. The zero-order valence-electron chi connectivity index (χ0n) is 13.4. The number of imidazole rings is 1. The summed E-state index contributed by atoms with van der Waals surface area (Å²) in [5.41, 5.74) is 2.29. The van der Waals surface area contributed by atoms with Crippen molar-refractivity contribution in [2.75, 3.05) is 33.4 Å². The predicted octanol–water partition coefficient (Wildman–Crippen LogP) is 2.21. The molecule has 0 unspecified atom stereocenters. The minimum atomic E-state index is 0.320. The summed E-state index contributed by atoms with van der Waals surface area (Å²) in [6.45, 7) is 8.13. The number of methoxy groups -OCH3 is 1. The van der Waals surface area contributed by atoms with Crippen molar-refractivity contribution in [2.24, 2.45) is 5.92 Å². The van der Waals surface area contributed by atoms with E-state index in [1.165, 1.54) is 18.5 Å². The van der Waals surface area contributed by atoms with Gasteiger partial charge in [-0.1, -0.05) is 0 Å². The standard InChI is InChI=1S/C16H27N3O2/c1-11-12(2)18-16(17-11)15-8-14(20-3)10-19(15)9-13-4-6-21-7-5-13/h13-15H,4-10H2,1-3H3,(H,17,18)/t14-,15+/m1/s1. The van der Waals surface area contributed by atoms with Crippen molar-refractivity contribution in [3.63, 3.8) is 0 Å². The van der Waals surface area contributed by atoms with E-state index in [0.29, 0.717) is 12.1 Å². The van der Waals surface area contributed by atoms with Gasteiger partial charge in [0.05, 0.1) is 17.8 Å². The number of hydrogen-bond donors (Lipinski definition) is 1. The molecule has 1 N–H and O–H groups in total. The summed E-state index contributed by atoms with van der Waals surface area (Å²) in [4.78, 5) is 10.7. The summed E-state index contributed by atoms with van der Waals surface area (Å²) < 4.78 is 11.1. The van der Waals surface area contributed by atoms with Gasteiger partial charge in [-0.15, -0.1) is 0 Å². The molecule has 118 valence electrons. The molecule has 0 aliphatic carbocycles. The SMILES string of the molecule is CO[C@@H]1C[C@@H](c2nc(C)c(C)[nH]2)N(CC2CCOCC2)C1. The van der Waals surface area contributed by atoms with Crippen LogP contribution in [0.2, 0.25) is 0 Å². The molecule has 3 rings (SSSR count). The zero-order chi connectivity index (χ0) is 14.8. The van der Waals surface area contributed by atoms with E-state index >= 15 is 0 Å². The number of aromatic nitrogens is 2. The Morgan fingerprint density at radius 1 is 1.33 bits per heavy atom. The maximum Gasteiger partial charge on any atom is 0.124 e. The summed E-state index contributed by atoms with van der Waals surface area (Å²) in [7, 11) is 1.82. The highest BCUT2D eigenvalue weighted by molar-refractivity contribution is 5.14. The molecule has 0 amide bonds. The van der Waals surface area contributed by atoms with Crippen LogP contribution >= 0.6 is 0 Å². The average Bonchev–Trinajstić information content (AvgIpc) is 3.04. The maximum absolute atomic E-state index is 5.61. The number of likely N-dealkylation sites (tertiary alicyclic amines) is 1. The quantitative estimate of drug-likeness (QED) is 0.925. The lowest BCUT2D eigenvalue weighted by atomic mass is 9.99. The fourth-order valence-electron chi connectivity index (χ4n) is 3.51. The van der Waals surface area contributed by atoms with E-state index in [9.17, 15) is 0 Å². The Morgan fingerprint density at radius 2 is 2.10 bits per heavy atom. The molecule has 2 atom stereocenters. The average molecular weight is 293 g/mol. The first-order valence-corrected chi connectivity index (χ1v) is 8.05. The molecule has 5 nitrogen and oxygen atoms in total. The third-order valence-corrected chi connectivity index (χ3v) is 4.99. The number of rotatable bonds is 4. The molecule has 21 heavy (non-hydrogen) atoms. The Labute approximate surface area is 127 Å². The van der Waals surface area contributed by atoms with Gasteiger partial charge in [0, 0.05) is 39.1 Å². The third-order valence-electron chi connectivity index (χ3n) is 4.99. The first kappa shape index (κ1) is 15.0. The van der Waals surface area contributed by atoms with Crippen molar-refractivity contribution in [1.82, 2.24) is 14.9 Å². The van der Waals surface area contributed by atoms with Crippen LogP contribution in [-0.2, 0) is 9.47 Å². The zero-order valence-corrected chi connectivity index (χ0v) is 13.4. The Balaban J connectivity index is 1.72. The van der Waals surface area contributed by atoms with Gasteiger partial charge in [0.1, 0.15) is 5.82 Å². The highest BCUT2D eigenvalue weighted by atomic mass is 16.5. The predicted molar refractivity (Wildman–Crippen MR) is 81.3 cm³/mol. The number of nitrogens with zero attached hydrogens (tertiary/aromatic N) is 2. The second-order valence-corrected chi connectivity index (χ2v) is 6.45. The van der Waals surface area contributed by atoms with Crippen molar-refractivity contribution in [1.29, 1.82) is 0 Å². The fraction of sp³-hybridized carbons (Fsp3) is 0.812. The van der Waals surface area contributed by atoms with Crippen LogP contribution in [0.1, 0.15) is 42.5 Å². The molecule has 0 bridgehead atoms. The maximum atomic E-state index is 5.61. The van der Waals surface area contributed by atoms with E-state index < -0.39 is 0 Å². The second-order valence-electron chi connectivity index (χ2n) is 6.45. The first-order chi connectivity index (χ1) is 10.2. The number of H-pyrrole nitrogens is 1. The topological polar surface area (TPSA) is 50.4 Å². The van der Waals surface area contributed by atoms with Crippen molar-refractivity contribution >= 4 is 0 Å². The second kappa shape index (κ2) is 6.46. The van der Waals surface area contributed by atoms with Gasteiger partial charge in [-0.2, -0.15) is 0 Å². The number of hydrogen-bond acceptors (Lipinski definition) is 4. The molecule has 5 heteroatoms. The van der Waals surface area contributed by atoms with Gasteiger partial charge >= 0.3 is 0 Å². The van der Waals surface area contributed by atoms with Gasteiger partial charge in [-0.05, 0) is 39.0 Å². The van der Waals surface area contributed by atoms with Gasteiger partial charge in [0.15, 0.2) is 0 Å². The van der Waals surface area contributed by atoms with Crippen LogP contribution < -0.4 is 0 Å². The molecule has 3 heterocycles. The largest absolute Gasteiger partial charge is 0.381 e. The van der Waals surface area contributed by atoms with Crippen LogP contribution in [0.5, 0.6) is 0 Å². The molecule has 0 radical (unpaired) electrons. The number of nitrogens with one attached hydrogen (secondary N) is 1. The van der Waals surface area contributed by atoms with E-state index in [1.54, 1.807) is 0 Å². The normalized spacial score (nSPS) is 28.3. The van der Waals surface area contributed by atoms with E-state index in [2.05, 4.69) is 23.7 Å². The van der Waals surface area contributed by atoms with Crippen LogP contribution in [0.3, 0.4) is 0 Å². The van der Waals surface area contributed by atoms with E-state index in [4.69, 9.17) is 14.5 Å². The van der Waals surface area contributed by atoms with Crippen LogP contribution in [0.25, 0.3) is 0 Å². The third kappa shape index (κ3) is 3.30. The van der Waals surface area contributed by atoms with Crippen molar-refractivity contribution in [3.05, 3.63) is 17.2 Å². The number of ether oxygens (including phenoxy) is 2. The smallest absolute Gasteiger partial charge is 0.124 e. The van der Waals surface area contributed by atoms with Gasteiger partial charge in [-0.3, -0.25) is 4.90 Å². The highest BCUT2D eigenvalue weighted by Crippen LogP contribution is 2.34. The summed E-state index contributed by atoms with van der Waals surface area (Å²) in [6, 6.07) is 0.366. The van der Waals surface area contributed by atoms with Crippen LogP contribution in [0.4, 0.5) is 0 Å². The van der Waals surface area contributed by atoms with E-state index in [-0.39, 0.29) is 0 Å². The van der Waals surface area contributed by atoms with Crippen molar-refractivity contribution in [2.45, 2.75) is 45.3 Å². The van der Waals surface area contributed by atoms with E-state index in [0.717, 1.165) is 50.2 Å². The number of aryl methyl sites for hydroxylation is 2. The molecule has 0 saturated carbocycles. The Bertz CT molecular complexity index is 449. The van der Waals surface area contributed by atoms with Crippen LogP contribution in [0.15, 0.2) is 0 Å². The van der Waals surface area contributed by atoms with Gasteiger partial charge < -0.3 is 14.5 Å². The lowest BCUT2D eigenvalue weighted by molar-refractivity contribution is 0.0472. The summed E-state index contributed by atoms with van der Waals surface area (Å²) in [6.07, 6.45) is 3.71. The minimum Gasteiger partial charge on any atom is -0.381 e. The first-order valence-electron chi connectivity index (χ1n) is 8.05. The molecule has 0 aromatic carbocycles. The lowest BCUT2D eigenvalue weighted by Gasteiger charge is -2.30. The monoisotopic (exact) mass is 293 g/mol. The Morgan fingerprint density at radius 3 is 2.71 bits per heavy atom. The molecule has 2 aliphatic heterocycles. The highest BCUT2D eigenvalue weighted by Gasteiger charge is 2.36. The number of aromatic amines is 1. The van der Waals surface area contributed by atoms with Crippen LogP contribution in [0, 0.1) is 19.8 Å². The van der Waals surface area contributed by atoms with Gasteiger partial charge in [0.2, 0.25) is 0 Å². The Kier molecular flexibility index (Phi) is 4.62. The lowest BCUT2D eigenvalue weighted by Crippen LogP contribution is -2.33. The molecule has 1 aromatic rings. The molecular formula is C16H27N3O2. The minimum absolute atomic E-state index is 0.320. The molecule has 2 fully saturated rings. The van der Waals surface area contributed by atoms with Crippen molar-refractivity contribution < 1.29 is 9.47 Å².